The molecule has 20 heavy (non-hydrogen) atoms. The van der Waals surface area contributed by atoms with Crippen molar-refractivity contribution >= 4 is 11.9 Å². The second kappa shape index (κ2) is 5.25. The van der Waals surface area contributed by atoms with Gasteiger partial charge in [0, 0.05) is 18.3 Å². The van der Waals surface area contributed by atoms with E-state index in [1.54, 1.807) is 24.3 Å². The maximum Gasteiger partial charge on any atom is 0.338 e. The van der Waals surface area contributed by atoms with Crippen LogP contribution in [0.3, 0.4) is 0 Å². The molecule has 0 aromatic heterocycles. The van der Waals surface area contributed by atoms with E-state index < -0.39 is 12.1 Å². The molecule has 1 heterocycles. The fourth-order valence-electron chi connectivity index (χ4n) is 3.04. The summed E-state index contributed by atoms with van der Waals surface area (Å²) >= 11 is 0. The van der Waals surface area contributed by atoms with Crippen molar-refractivity contribution in [2.75, 3.05) is 6.61 Å². The normalized spacial score (nSPS) is 31.8. The summed E-state index contributed by atoms with van der Waals surface area (Å²) in [5, 5.41) is 9.98. The fraction of sp³-hybridized carbons (Fsp3) is 0.467. The Morgan fingerprint density at radius 2 is 2.10 bits per heavy atom. The zero-order chi connectivity index (χ0) is 14.1. The highest BCUT2D eigenvalue weighted by atomic mass is 16.6. The minimum atomic E-state index is -0.582. The van der Waals surface area contributed by atoms with Crippen molar-refractivity contribution in [1.82, 2.24) is 0 Å². The van der Waals surface area contributed by atoms with Gasteiger partial charge in [0.1, 0.15) is 6.10 Å². The fourth-order valence-corrected chi connectivity index (χ4v) is 3.04. The molecule has 5 heteroatoms. The number of carbonyl (C=O) groups is 2. The predicted molar refractivity (Wildman–Crippen MR) is 68.8 cm³/mol. The Bertz CT molecular complexity index is 512. The number of aliphatic hydroxyl groups is 1. The van der Waals surface area contributed by atoms with Gasteiger partial charge in [-0.25, -0.2) is 4.79 Å². The zero-order valence-electron chi connectivity index (χ0n) is 10.9. The molecule has 1 saturated carbocycles. The van der Waals surface area contributed by atoms with Gasteiger partial charge >= 0.3 is 11.9 Å². The van der Waals surface area contributed by atoms with Crippen LogP contribution >= 0.6 is 0 Å². The summed E-state index contributed by atoms with van der Waals surface area (Å²) in [7, 11) is 0. The third-order valence-electron chi connectivity index (χ3n) is 4.10. The summed E-state index contributed by atoms with van der Waals surface area (Å²) in [6, 6.07) is 8.71. The van der Waals surface area contributed by atoms with E-state index in [1.807, 2.05) is 6.07 Å². The zero-order valence-corrected chi connectivity index (χ0v) is 10.9. The van der Waals surface area contributed by atoms with Crippen LogP contribution in [0.2, 0.25) is 0 Å². The first-order chi connectivity index (χ1) is 9.65. The van der Waals surface area contributed by atoms with E-state index in [-0.39, 0.29) is 30.5 Å². The van der Waals surface area contributed by atoms with Crippen LogP contribution < -0.4 is 0 Å². The lowest BCUT2D eigenvalue weighted by Gasteiger charge is -2.18. The number of carbonyl (C=O) groups excluding carboxylic acids is 2. The van der Waals surface area contributed by atoms with Gasteiger partial charge in [0.15, 0.2) is 0 Å². The van der Waals surface area contributed by atoms with Crippen molar-refractivity contribution in [1.29, 1.82) is 0 Å². The highest BCUT2D eigenvalue weighted by molar-refractivity contribution is 5.89. The number of benzene rings is 1. The molecule has 1 aliphatic carbocycles. The van der Waals surface area contributed by atoms with Crippen molar-refractivity contribution < 1.29 is 24.2 Å². The number of hydrogen-bond donors (Lipinski definition) is 1. The first-order valence-electron chi connectivity index (χ1n) is 6.75. The number of esters is 2. The van der Waals surface area contributed by atoms with Crippen LogP contribution in [0, 0.1) is 11.8 Å². The van der Waals surface area contributed by atoms with Gasteiger partial charge in [-0.15, -0.1) is 0 Å². The average molecular weight is 276 g/mol. The Labute approximate surface area is 116 Å². The molecule has 106 valence electrons. The molecule has 1 N–H and O–H groups in total. The predicted octanol–water partition coefficient (Wildman–Crippen LogP) is 1.16. The van der Waals surface area contributed by atoms with Gasteiger partial charge in [0.05, 0.1) is 24.7 Å². The lowest BCUT2D eigenvalue weighted by atomic mass is 9.93. The van der Waals surface area contributed by atoms with E-state index in [2.05, 4.69) is 0 Å². The number of aliphatic hydroxyl groups excluding tert-OH is 1. The maximum absolute atomic E-state index is 11.9. The van der Waals surface area contributed by atoms with Crippen LogP contribution in [0.15, 0.2) is 30.3 Å². The summed E-state index contributed by atoms with van der Waals surface area (Å²) in [6.07, 6.45) is -0.0706. The van der Waals surface area contributed by atoms with Gasteiger partial charge in [-0.05, 0) is 12.1 Å². The largest absolute Gasteiger partial charge is 0.462 e. The third kappa shape index (κ3) is 2.41. The monoisotopic (exact) mass is 276 g/mol. The minimum Gasteiger partial charge on any atom is -0.462 e. The maximum atomic E-state index is 11.9. The SMILES string of the molecule is O=C1CC2C(CC(O)C2COC(=O)c2ccccc2)O1. The summed E-state index contributed by atoms with van der Waals surface area (Å²) in [5.74, 6) is -0.905. The van der Waals surface area contributed by atoms with E-state index in [4.69, 9.17) is 9.47 Å². The molecule has 0 spiro atoms. The molecule has 1 aromatic carbocycles. The molecule has 0 amide bonds. The van der Waals surface area contributed by atoms with Crippen LogP contribution in [0.25, 0.3) is 0 Å². The van der Waals surface area contributed by atoms with Gasteiger partial charge in [0.25, 0.3) is 0 Å². The molecule has 2 fully saturated rings. The lowest BCUT2D eigenvalue weighted by Crippen LogP contribution is -2.26. The van der Waals surface area contributed by atoms with Crippen molar-refractivity contribution in [3.8, 4) is 0 Å². The van der Waals surface area contributed by atoms with Crippen molar-refractivity contribution in [2.45, 2.75) is 25.0 Å². The molecule has 1 aromatic rings. The van der Waals surface area contributed by atoms with E-state index >= 15 is 0 Å². The highest BCUT2D eigenvalue weighted by Crippen LogP contribution is 2.41. The van der Waals surface area contributed by atoms with E-state index in [0.29, 0.717) is 18.4 Å². The molecule has 4 unspecified atom stereocenters. The molecule has 4 atom stereocenters. The molecule has 1 saturated heterocycles. The Balaban J connectivity index is 1.61. The van der Waals surface area contributed by atoms with Crippen LogP contribution in [-0.4, -0.2) is 35.9 Å². The Morgan fingerprint density at radius 3 is 2.85 bits per heavy atom. The van der Waals surface area contributed by atoms with Crippen molar-refractivity contribution in [3.63, 3.8) is 0 Å². The topological polar surface area (TPSA) is 72.8 Å². The first kappa shape index (κ1) is 13.1. The Morgan fingerprint density at radius 1 is 1.35 bits per heavy atom. The molecule has 0 bridgehead atoms. The van der Waals surface area contributed by atoms with E-state index in [9.17, 15) is 14.7 Å². The Kier molecular flexibility index (Phi) is 3.44. The number of hydrogen-bond acceptors (Lipinski definition) is 5. The van der Waals surface area contributed by atoms with Crippen LogP contribution in [0.4, 0.5) is 0 Å². The number of fused-ring (bicyclic) bond motifs is 1. The molecule has 0 radical (unpaired) electrons. The smallest absolute Gasteiger partial charge is 0.338 e. The Hall–Kier alpha value is -1.88. The number of rotatable bonds is 3. The molecule has 5 nitrogen and oxygen atoms in total. The van der Waals surface area contributed by atoms with Crippen molar-refractivity contribution in [3.05, 3.63) is 35.9 Å². The van der Waals surface area contributed by atoms with Gasteiger partial charge in [-0.1, -0.05) is 18.2 Å². The quantitative estimate of drug-likeness (QED) is 0.839. The molecule has 1 aliphatic heterocycles. The van der Waals surface area contributed by atoms with Gasteiger partial charge in [-0.3, -0.25) is 4.79 Å². The first-order valence-corrected chi connectivity index (χ1v) is 6.75. The van der Waals surface area contributed by atoms with Crippen LogP contribution in [-0.2, 0) is 14.3 Å². The number of ether oxygens (including phenoxy) is 2. The van der Waals surface area contributed by atoms with Gasteiger partial charge in [0.2, 0.25) is 0 Å². The van der Waals surface area contributed by atoms with Gasteiger partial charge < -0.3 is 14.6 Å². The molecule has 3 rings (SSSR count). The van der Waals surface area contributed by atoms with Crippen LogP contribution in [0.1, 0.15) is 23.2 Å². The molecule has 2 aliphatic rings. The minimum absolute atomic E-state index is 0.0407. The highest BCUT2D eigenvalue weighted by Gasteiger charge is 2.50. The van der Waals surface area contributed by atoms with E-state index in [0.717, 1.165) is 0 Å². The van der Waals surface area contributed by atoms with Gasteiger partial charge in [-0.2, -0.15) is 0 Å². The molecular formula is C15H16O5. The summed E-state index contributed by atoms with van der Waals surface area (Å²) in [5.41, 5.74) is 0.482. The van der Waals surface area contributed by atoms with Crippen LogP contribution in [0.5, 0.6) is 0 Å². The average Bonchev–Trinajstić information content (AvgIpc) is 2.92. The molecular weight excluding hydrogens is 260 g/mol. The standard InChI is InChI=1S/C15H16O5/c16-12-7-13-10(6-14(17)20-13)11(12)8-19-15(18)9-4-2-1-3-5-9/h1-5,10-13,16H,6-8H2. The van der Waals surface area contributed by atoms with E-state index in [1.165, 1.54) is 0 Å². The second-order valence-electron chi connectivity index (χ2n) is 5.33. The summed E-state index contributed by atoms with van der Waals surface area (Å²) in [6.45, 7) is 0.118. The lowest BCUT2D eigenvalue weighted by molar-refractivity contribution is -0.141. The summed E-state index contributed by atoms with van der Waals surface area (Å²) < 4.78 is 10.4. The summed E-state index contributed by atoms with van der Waals surface area (Å²) in [4.78, 5) is 23.1. The second-order valence-corrected chi connectivity index (χ2v) is 5.33. The van der Waals surface area contributed by atoms with Crippen molar-refractivity contribution in [2.24, 2.45) is 11.8 Å². The third-order valence-corrected chi connectivity index (χ3v) is 4.10.